The normalized spacial score (nSPS) is 15.3. The number of hydrogen-bond acceptors (Lipinski definition) is 10. The number of methoxy groups -OCH3 is 1. The molecule has 10 heteroatoms. The molecule has 0 radical (unpaired) electrons. The lowest BCUT2D eigenvalue weighted by Crippen LogP contribution is -2.46. The number of fused-ring (bicyclic) bond motifs is 1. The number of aromatic nitrogens is 2. The summed E-state index contributed by atoms with van der Waals surface area (Å²) >= 11 is 0. The summed E-state index contributed by atoms with van der Waals surface area (Å²) in [7, 11) is 1.36. The van der Waals surface area contributed by atoms with Gasteiger partial charge in [-0.05, 0) is 42.0 Å². The van der Waals surface area contributed by atoms with Gasteiger partial charge < -0.3 is 30.2 Å². The number of anilines is 4. The topological polar surface area (TPSA) is 115 Å². The number of rotatable bonds is 6. The minimum absolute atomic E-state index is 0.285. The molecule has 2 aliphatic heterocycles. The molecule has 1 fully saturated rings. The lowest BCUT2D eigenvalue weighted by molar-refractivity contribution is 0.0600. The molecule has 5 rings (SSSR count). The molecule has 34 heavy (non-hydrogen) atoms. The summed E-state index contributed by atoms with van der Waals surface area (Å²) in [6.45, 7) is 4.51. The van der Waals surface area contributed by atoms with Gasteiger partial charge in [0.05, 0.1) is 12.7 Å². The van der Waals surface area contributed by atoms with Gasteiger partial charge in [0.2, 0.25) is 6.79 Å². The van der Waals surface area contributed by atoms with Gasteiger partial charge in [-0.1, -0.05) is 6.07 Å². The highest BCUT2D eigenvalue weighted by Crippen LogP contribution is 2.33. The van der Waals surface area contributed by atoms with E-state index in [0.29, 0.717) is 22.9 Å². The molecule has 2 aliphatic rings. The fourth-order valence-electron chi connectivity index (χ4n) is 4.10. The second kappa shape index (κ2) is 9.44. The van der Waals surface area contributed by atoms with Gasteiger partial charge in [0, 0.05) is 38.4 Å². The summed E-state index contributed by atoms with van der Waals surface area (Å²) in [6, 6.07) is 13.0. The van der Waals surface area contributed by atoms with E-state index in [4.69, 9.17) is 19.9 Å². The molecule has 3 aromatic rings. The quantitative estimate of drug-likeness (QED) is 0.530. The summed E-state index contributed by atoms with van der Waals surface area (Å²) in [4.78, 5) is 24.9. The van der Waals surface area contributed by atoms with Crippen LogP contribution in [0.4, 0.5) is 23.0 Å². The zero-order chi connectivity index (χ0) is 23.5. The van der Waals surface area contributed by atoms with Crippen molar-refractivity contribution < 1.29 is 19.0 Å². The highest BCUT2D eigenvalue weighted by atomic mass is 16.7. The average Bonchev–Trinajstić information content (AvgIpc) is 3.34. The molecule has 2 aromatic carbocycles. The van der Waals surface area contributed by atoms with Gasteiger partial charge >= 0.3 is 5.97 Å². The Labute approximate surface area is 197 Å². The van der Waals surface area contributed by atoms with E-state index in [0.717, 1.165) is 49.9 Å². The standard InChI is InChI=1S/C24H26N6O4/c1-32-24(31)17-3-5-18(6-4-17)28-22-21(25)23(27-14-26-22)30-10-8-29(9-11-30)13-16-2-7-19-20(12-16)34-15-33-19/h2-7,12,14H,8-11,13,15,25H2,1H3,(H,26,27,28). The van der Waals surface area contributed by atoms with E-state index in [1.165, 1.54) is 19.0 Å². The second-order valence-corrected chi connectivity index (χ2v) is 8.10. The van der Waals surface area contributed by atoms with Crippen LogP contribution in [0.3, 0.4) is 0 Å². The molecule has 10 nitrogen and oxygen atoms in total. The summed E-state index contributed by atoms with van der Waals surface area (Å²) in [6.07, 6.45) is 1.51. The van der Waals surface area contributed by atoms with Crippen LogP contribution in [0.2, 0.25) is 0 Å². The van der Waals surface area contributed by atoms with Crippen LogP contribution in [0.25, 0.3) is 0 Å². The third kappa shape index (κ3) is 4.53. The molecular weight excluding hydrogens is 436 g/mol. The van der Waals surface area contributed by atoms with Crippen LogP contribution in [0, 0.1) is 0 Å². The van der Waals surface area contributed by atoms with Crippen molar-refractivity contribution in [1.29, 1.82) is 0 Å². The number of nitrogens with two attached hydrogens (primary N) is 1. The number of benzene rings is 2. The first-order chi connectivity index (χ1) is 16.6. The molecule has 0 amide bonds. The third-order valence-corrected chi connectivity index (χ3v) is 5.95. The molecule has 0 atom stereocenters. The van der Waals surface area contributed by atoms with Gasteiger partial charge in [-0.15, -0.1) is 0 Å². The molecule has 3 N–H and O–H groups in total. The summed E-state index contributed by atoms with van der Waals surface area (Å²) in [5.74, 6) is 2.47. The number of nitrogens with zero attached hydrogens (tertiary/aromatic N) is 4. The van der Waals surface area contributed by atoms with Crippen molar-refractivity contribution in [3.63, 3.8) is 0 Å². The molecule has 3 heterocycles. The first-order valence-corrected chi connectivity index (χ1v) is 11.0. The van der Waals surface area contributed by atoms with E-state index < -0.39 is 0 Å². The Morgan fingerprint density at radius 2 is 1.82 bits per heavy atom. The zero-order valence-electron chi connectivity index (χ0n) is 18.9. The molecular formula is C24H26N6O4. The molecule has 0 bridgehead atoms. The predicted molar refractivity (Wildman–Crippen MR) is 128 cm³/mol. The SMILES string of the molecule is COC(=O)c1ccc(Nc2ncnc(N3CCN(Cc4ccc5c(c4)OCO5)CC3)c2N)cc1. The lowest BCUT2D eigenvalue weighted by atomic mass is 10.1. The van der Waals surface area contributed by atoms with Crippen molar-refractivity contribution in [2.75, 3.05) is 56.0 Å². The molecule has 0 unspecified atom stereocenters. The Morgan fingerprint density at radius 1 is 1.06 bits per heavy atom. The fourth-order valence-corrected chi connectivity index (χ4v) is 4.10. The van der Waals surface area contributed by atoms with Crippen LogP contribution >= 0.6 is 0 Å². The third-order valence-electron chi connectivity index (χ3n) is 5.95. The Balaban J connectivity index is 1.21. The van der Waals surface area contributed by atoms with Gasteiger partial charge in [-0.25, -0.2) is 14.8 Å². The largest absolute Gasteiger partial charge is 0.465 e. The number of esters is 1. The maximum absolute atomic E-state index is 11.6. The highest BCUT2D eigenvalue weighted by Gasteiger charge is 2.22. The van der Waals surface area contributed by atoms with Crippen LogP contribution < -0.4 is 25.4 Å². The van der Waals surface area contributed by atoms with Crippen LogP contribution in [0.15, 0.2) is 48.8 Å². The van der Waals surface area contributed by atoms with Gasteiger partial charge in [-0.2, -0.15) is 0 Å². The first kappa shape index (κ1) is 21.8. The minimum Gasteiger partial charge on any atom is -0.465 e. The summed E-state index contributed by atoms with van der Waals surface area (Å²) < 4.78 is 15.6. The Morgan fingerprint density at radius 3 is 2.59 bits per heavy atom. The maximum Gasteiger partial charge on any atom is 0.337 e. The number of carbonyl (C=O) groups is 1. The maximum atomic E-state index is 11.6. The van der Waals surface area contributed by atoms with E-state index in [2.05, 4.69) is 31.2 Å². The van der Waals surface area contributed by atoms with E-state index >= 15 is 0 Å². The average molecular weight is 463 g/mol. The molecule has 0 saturated carbocycles. The van der Waals surface area contributed by atoms with Crippen LogP contribution in [0.1, 0.15) is 15.9 Å². The second-order valence-electron chi connectivity index (χ2n) is 8.10. The van der Waals surface area contributed by atoms with Crippen molar-refractivity contribution in [3.8, 4) is 11.5 Å². The van der Waals surface area contributed by atoms with Crippen LogP contribution in [-0.4, -0.2) is 60.9 Å². The lowest BCUT2D eigenvalue weighted by Gasteiger charge is -2.36. The molecule has 0 spiro atoms. The van der Waals surface area contributed by atoms with Gasteiger partial charge in [-0.3, -0.25) is 4.90 Å². The Bertz CT molecular complexity index is 1180. The van der Waals surface area contributed by atoms with Gasteiger partial charge in [0.1, 0.15) is 12.0 Å². The first-order valence-electron chi connectivity index (χ1n) is 11.0. The fraction of sp³-hybridized carbons (Fsp3) is 0.292. The number of carbonyl (C=O) groups excluding carboxylic acids is 1. The number of nitrogen functional groups attached to an aromatic ring is 1. The van der Waals surface area contributed by atoms with Gasteiger partial charge in [0.25, 0.3) is 0 Å². The van der Waals surface area contributed by atoms with Crippen LogP contribution in [0.5, 0.6) is 11.5 Å². The van der Waals surface area contributed by atoms with E-state index in [9.17, 15) is 4.79 Å². The molecule has 1 aromatic heterocycles. The summed E-state index contributed by atoms with van der Waals surface area (Å²) in [5.41, 5.74) is 9.35. The monoisotopic (exact) mass is 462 g/mol. The Kier molecular flexibility index (Phi) is 6.05. The number of piperazine rings is 1. The predicted octanol–water partition coefficient (Wildman–Crippen LogP) is 2.64. The highest BCUT2D eigenvalue weighted by molar-refractivity contribution is 5.90. The molecule has 176 valence electrons. The van der Waals surface area contributed by atoms with Crippen molar-refractivity contribution in [2.24, 2.45) is 0 Å². The van der Waals surface area contributed by atoms with Crippen molar-refractivity contribution in [1.82, 2.24) is 14.9 Å². The zero-order valence-corrected chi connectivity index (χ0v) is 18.9. The number of ether oxygens (including phenoxy) is 3. The molecule has 1 saturated heterocycles. The number of nitrogens with one attached hydrogen (secondary N) is 1. The van der Waals surface area contributed by atoms with E-state index in [1.807, 2.05) is 12.1 Å². The summed E-state index contributed by atoms with van der Waals surface area (Å²) in [5, 5.41) is 3.21. The van der Waals surface area contributed by atoms with Crippen molar-refractivity contribution >= 4 is 29.0 Å². The van der Waals surface area contributed by atoms with Crippen LogP contribution in [-0.2, 0) is 11.3 Å². The smallest absolute Gasteiger partial charge is 0.337 e. The van der Waals surface area contributed by atoms with Gasteiger partial charge in [0.15, 0.2) is 23.1 Å². The minimum atomic E-state index is -0.381. The number of hydrogen-bond donors (Lipinski definition) is 2. The van der Waals surface area contributed by atoms with Crippen molar-refractivity contribution in [3.05, 3.63) is 59.9 Å². The Hall–Kier alpha value is -4.05. The van der Waals surface area contributed by atoms with E-state index in [-0.39, 0.29) is 12.8 Å². The molecule has 0 aliphatic carbocycles. The van der Waals surface area contributed by atoms with E-state index in [1.54, 1.807) is 24.3 Å². The van der Waals surface area contributed by atoms with Crippen molar-refractivity contribution in [2.45, 2.75) is 6.54 Å².